The Morgan fingerprint density at radius 3 is 3.12 bits per heavy atom. The maximum absolute atomic E-state index is 13.8. The van der Waals surface area contributed by atoms with Gasteiger partial charge in [0.25, 0.3) is 11.8 Å². The predicted molar refractivity (Wildman–Crippen MR) is 86.7 cm³/mol. The molecule has 0 saturated carbocycles. The largest absolute Gasteiger partial charge is 0.468 e. The number of nitrogens with zero attached hydrogens (tertiary/aromatic N) is 2. The molecule has 2 aromatic heterocycles. The maximum atomic E-state index is 13.8. The summed E-state index contributed by atoms with van der Waals surface area (Å²) in [6.07, 6.45) is 2.60. The van der Waals surface area contributed by atoms with Crippen LogP contribution >= 0.6 is 11.3 Å². The van der Waals surface area contributed by atoms with Crippen molar-refractivity contribution in [2.75, 3.05) is 13.2 Å². The van der Waals surface area contributed by atoms with E-state index in [9.17, 15) is 9.18 Å². The van der Waals surface area contributed by atoms with E-state index >= 15 is 0 Å². The van der Waals surface area contributed by atoms with Crippen LogP contribution in [0.25, 0.3) is 0 Å². The fraction of sp³-hybridized carbons (Fsp3) is 0.412. The number of hydrogen-bond donors (Lipinski definition) is 0. The lowest BCUT2D eigenvalue weighted by molar-refractivity contribution is -0.0462. The fourth-order valence-electron chi connectivity index (χ4n) is 3.39. The van der Waals surface area contributed by atoms with Crippen molar-refractivity contribution in [3.8, 4) is 5.88 Å². The van der Waals surface area contributed by atoms with Crippen molar-refractivity contribution in [1.29, 1.82) is 0 Å². The molecule has 1 amide bonds. The summed E-state index contributed by atoms with van der Waals surface area (Å²) in [5, 5.41) is 1.88. The number of carbonyl (C=O) groups is 1. The SMILES string of the molecule is O=C(c1cccs1)N1C[C@@H](Oc2ncccc2F)[C@H]2OCCC[C@H]21. The zero-order valence-electron chi connectivity index (χ0n) is 12.9. The minimum absolute atomic E-state index is 0.0157. The summed E-state index contributed by atoms with van der Waals surface area (Å²) in [5.74, 6) is -0.563. The van der Waals surface area contributed by atoms with E-state index in [1.54, 1.807) is 4.90 Å². The Bertz CT molecular complexity index is 724. The first-order valence-electron chi connectivity index (χ1n) is 7.97. The highest BCUT2D eigenvalue weighted by Gasteiger charge is 2.48. The Hall–Kier alpha value is -1.99. The summed E-state index contributed by atoms with van der Waals surface area (Å²) in [7, 11) is 0. The standard InChI is InChI=1S/C17H17FN2O3S/c18-11-4-1-7-19-16(11)23-13-10-20(12-5-2-8-22-15(12)13)17(21)14-6-3-9-24-14/h1,3-4,6-7,9,12-13,15H,2,5,8,10H2/t12-,13-,15+/m1/s1. The van der Waals surface area contributed by atoms with Crippen LogP contribution in [0.3, 0.4) is 0 Å². The number of hydrogen-bond acceptors (Lipinski definition) is 5. The fourth-order valence-corrected chi connectivity index (χ4v) is 4.07. The number of carbonyl (C=O) groups excluding carboxylic acids is 1. The number of thiophene rings is 1. The average Bonchev–Trinajstić information content (AvgIpc) is 3.25. The summed E-state index contributed by atoms with van der Waals surface area (Å²) in [5.41, 5.74) is 0. The Kier molecular flexibility index (Phi) is 4.20. The summed E-state index contributed by atoms with van der Waals surface area (Å²) >= 11 is 1.42. The molecule has 24 heavy (non-hydrogen) atoms. The Morgan fingerprint density at radius 1 is 1.42 bits per heavy atom. The first kappa shape index (κ1) is 15.5. The highest BCUT2D eigenvalue weighted by Crippen LogP contribution is 2.33. The molecule has 0 spiro atoms. The minimum atomic E-state index is -0.507. The van der Waals surface area contributed by atoms with E-state index in [1.807, 2.05) is 17.5 Å². The lowest BCUT2D eigenvalue weighted by Crippen LogP contribution is -2.44. The molecule has 4 heterocycles. The molecule has 0 N–H and O–H groups in total. The van der Waals surface area contributed by atoms with Gasteiger partial charge < -0.3 is 14.4 Å². The minimum Gasteiger partial charge on any atom is -0.468 e. The number of fused-ring (bicyclic) bond motifs is 1. The van der Waals surface area contributed by atoms with Gasteiger partial charge in [-0.25, -0.2) is 9.37 Å². The molecule has 5 nitrogen and oxygen atoms in total. The van der Waals surface area contributed by atoms with Gasteiger partial charge in [-0.05, 0) is 36.4 Å². The molecule has 2 aliphatic rings. The van der Waals surface area contributed by atoms with E-state index in [1.165, 1.54) is 29.7 Å². The van der Waals surface area contributed by atoms with Gasteiger partial charge in [0.05, 0.1) is 17.5 Å². The number of halogens is 1. The van der Waals surface area contributed by atoms with Crippen molar-refractivity contribution in [3.63, 3.8) is 0 Å². The average molecular weight is 348 g/mol. The Balaban J connectivity index is 1.57. The van der Waals surface area contributed by atoms with Crippen LogP contribution in [0.1, 0.15) is 22.5 Å². The zero-order valence-corrected chi connectivity index (χ0v) is 13.7. The second kappa shape index (κ2) is 6.49. The Morgan fingerprint density at radius 2 is 2.33 bits per heavy atom. The first-order valence-corrected chi connectivity index (χ1v) is 8.85. The van der Waals surface area contributed by atoms with Crippen LogP contribution in [-0.2, 0) is 4.74 Å². The second-order valence-corrected chi connectivity index (χ2v) is 6.87. The summed E-state index contributed by atoms with van der Waals surface area (Å²) in [4.78, 5) is 19.2. The van der Waals surface area contributed by atoms with Crippen LogP contribution in [0.2, 0.25) is 0 Å². The third-order valence-corrected chi connectivity index (χ3v) is 5.32. The van der Waals surface area contributed by atoms with Crippen molar-refractivity contribution in [3.05, 3.63) is 46.5 Å². The van der Waals surface area contributed by atoms with Gasteiger partial charge >= 0.3 is 0 Å². The predicted octanol–water partition coefficient (Wildman–Crippen LogP) is 2.73. The number of rotatable bonds is 3. The highest BCUT2D eigenvalue weighted by molar-refractivity contribution is 7.12. The molecule has 0 bridgehead atoms. The second-order valence-electron chi connectivity index (χ2n) is 5.93. The zero-order chi connectivity index (χ0) is 16.5. The van der Waals surface area contributed by atoms with Crippen molar-refractivity contribution >= 4 is 17.2 Å². The molecule has 4 rings (SSSR count). The third kappa shape index (κ3) is 2.78. The van der Waals surface area contributed by atoms with Crippen LogP contribution < -0.4 is 4.74 Å². The van der Waals surface area contributed by atoms with Crippen molar-refractivity contribution in [2.45, 2.75) is 31.1 Å². The molecule has 7 heteroatoms. The number of likely N-dealkylation sites (tertiary alicyclic amines) is 1. The van der Waals surface area contributed by atoms with Gasteiger partial charge in [-0.1, -0.05) is 6.07 Å². The molecule has 126 valence electrons. The maximum Gasteiger partial charge on any atom is 0.264 e. The van der Waals surface area contributed by atoms with E-state index < -0.39 is 11.9 Å². The summed E-state index contributed by atoms with van der Waals surface area (Å²) < 4.78 is 25.5. The van der Waals surface area contributed by atoms with Crippen molar-refractivity contribution in [2.24, 2.45) is 0 Å². The molecule has 3 atom stereocenters. The van der Waals surface area contributed by atoms with Gasteiger partial charge in [-0.2, -0.15) is 0 Å². The number of aromatic nitrogens is 1. The number of pyridine rings is 1. The lowest BCUT2D eigenvalue weighted by Gasteiger charge is -2.31. The topological polar surface area (TPSA) is 51.7 Å². The normalized spacial score (nSPS) is 26.2. The van der Waals surface area contributed by atoms with E-state index in [0.717, 1.165) is 12.8 Å². The quantitative estimate of drug-likeness (QED) is 0.856. The number of ether oxygens (including phenoxy) is 2. The van der Waals surface area contributed by atoms with Crippen molar-refractivity contribution < 1.29 is 18.7 Å². The van der Waals surface area contributed by atoms with E-state index in [4.69, 9.17) is 9.47 Å². The summed E-state index contributed by atoms with van der Waals surface area (Å²) in [6.45, 7) is 1.01. The van der Waals surface area contributed by atoms with Gasteiger partial charge in [0.1, 0.15) is 12.2 Å². The molecule has 2 aromatic rings. The summed E-state index contributed by atoms with van der Waals surface area (Å²) in [6, 6.07) is 6.47. The van der Waals surface area contributed by atoms with Crippen LogP contribution in [0.4, 0.5) is 4.39 Å². The molecule has 0 unspecified atom stereocenters. The van der Waals surface area contributed by atoms with E-state index in [2.05, 4.69) is 4.98 Å². The van der Waals surface area contributed by atoms with Gasteiger partial charge in [-0.3, -0.25) is 4.79 Å². The first-order chi connectivity index (χ1) is 11.7. The van der Waals surface area contributed by atoms with Crippen LogP contribution in [0, 0.1) is 5.82 Å². The molecular weight excluding hydrogens is 331 g/mol. The van der Waals surface area contributed by atoms with Crippen molar-refractivity contribution in [1.82, 2.24) is 9.88 Å². The van der Waals surface area contributed by atoms with Gasteiger partial charge in [0, 0.05) is 12.8 Å². The third-order valence-electron chi connectivity index (χ3n) is 4.46. The highest BCUT2D eigenvalue weighted by atomic mass is 32.1. The van der Waals surface area contributed by atoms with E-state index in [0.29, 0.717) is 18.0 Å². The smallest absolute Gasteiger partial charge is 0.264 e. The molecule has 0 aromatic carbocycles. The van der Waals surface area contributed by atoms with E-state index in [-0.39, 0.29) is 23.9 Å². The molecule has 2 saturated heterocycles. The van der Waals surface area contributed by atoms with Gasteiger partial charge in [-0.15, -0.1) is 11.3 Å². The van der Waals surface area contributed by atoms with Crippen LogP contribution in [0.5, 0.6) is 5.88 Å². The Labute approximate surface area is 143 Å². The molecule has 2 aliphatic heterocycles. The number of amides is 1. The molecule has 0 aliphatic carbocycles. The monoisotopic (exact) mass is 348 g/mol. The molecule has 0 radical (unpaired) electrons. The molecule has 2 fully saturated rings. The van der Waals surface area contributed by atoms with Crippen LogP contribution in [0.15, 0.2) is 35.8 Å². The van der Waals surface area contributed by atoms with Gasteiger partial charge in [0.15, 0.2) is 5.82 Å². The molecular formula is C17H17FN2O3S. The van der Waals surface area contributed by atoms with Crippen LogP contribution in [-0.4, -0.2) is 47.2 Å². The lowest BCUT2D eigenvalue weighted by atomic mass is 10.0. The van der Waals surface area contributed by atoms with Gasteiger partial charge in [0.2, 0.25) is 0 Å².